The van der Waals surface area contributed by atoms with Crippen LogP contribution in [0.2, 0.25) is 0 Å². The highest BCUT2D eigenvalue weighted by Gasteiger charge is 2.15. The van der Waals surface area contributed by atoms with Crippen LogP contribution in [0.25, 0.3) is 0 Å². The fourth-order valence-electron chi connectivity index (χ4n) is 2.32. The third kappa shape index (κ3) is 4.78. The van der Waals surface area contributed by atoms with Crippen LogP contribution in [-0.2, 0) is 0 Å². The topological polar surface area (TPSA) is 47.9 Å². The summed E-state index contributed by atoms with van der Waals surface area (Å²) in [5.41, 5.74) is 2.09. The maximum atomic E-state index is 8.79. The maximum Gasteiger partial charge on any atom is 0.504 e. The minimum atomic E-state index is -0.575. The van der Waals surface area contributed by atoms with Crippen molar-refractivity contribution < 1.29 is 19.2 Å². The number of hydrogen-bond acceptors (Lipinski definition) is 4. The lowest BCUT2D eigenvalue weighted by atomic mass is 10.2. The van der Waals surface area contributed by atoms with Crippen molar-refractivity contribution in [3.63, 3.8) is 0 Å². The fraction of sp³-hybridized carbons (Fsp3) is 0.100. The van der Waals surface area contributed by atoms with E-state index in [0.717, 1.165) is 11.3 Å². The van der Waals surface area contributed by atoms with E-state index < -0.39 is 6.29 Å². The Hall–Kier alpha value is -2.92. The van der Waals surface area contributed by atoms with Crippen LogP contribution in [0, 0.1) is 6.92 Å². The van der Waals surface area contributed by atoms with Crippen LogP contribution >= 0.6 is 0 Å². The second-order valence-electron chi connectivity index (χ2n) is 5.54. The first-order valence-corrected chi connectivity index (χ1v) is 8.03. The van der Waals surface area contributed by atoms with Crippen molar-refractivity contribution in [2.24, 2.45) is 0 Å². The molecule has 0 spiro atoms. The predicted octanol–water partition coefficient (Wildman–Crippen LogP) is 3.79. The highest BCUT2D eigenvalue weighted by molar-refractivity contribution is 6.17. The van der Waals surface area contributed by atoms with Gasteiger partial charge < -0.3 is 19.2 Å². The highest BCUT2D eigenvalue weighted by atomic mass is 16.7. The van der Waals surface area contributed by atoms with Crippen molar-refractivity contribution >= 4 is 7.69 Å². The number of aryl methyl sites for hydroxylation is 1. The molecule has 0 aliphatic heterocycles. The van der Waals surface area contributed by atoms with Gasteiger partial charge in [-0.2, -0.15) is 0 Å². The second kappa shape index (κ2) is 8.26. The van der Waals surface area contributed by atoms with E-state index >= 15 is 0 Å². The molecule has 0 aliphatic rings. The van der Waals surface area contributed by atoms with Gasteiger partial charge in [-0.15, -0.1) is 0 Å². The lowest BCUT2D eigenvalue weighted by molar-refractivity contribution is 0.00378. The van der Waals surface area contributed by atoms with Crippen molar-refractivity contribution in [3.05, 3.63) is 90.0 Å². The monoisotopic (exact) mass is 334 g/mol. The number of ether oxygens (including phenoxy) is 2. The smallest absolute Gasteiger partial charge is 0.504 e. The van der Waals surface area contributed by atoms with Crippen molar-refractivity contribution in [3.8, 4) is 17.2 Å². The van der Waals surface area contributed by atoms with Gasteiger partial charge in [0.25, 0.3) is 6.29 Å². The van der Waals surface area contributed by atoms with E-state index in [0.29, 0.717) is 11.5 Å². The summed E-state index contributed by atoms with van der Waals surface area (Å²) in [6.45, 7) is 2.03. The SMILES string of the molecule is Cc1ccc(OC(Oc2ccc(OBO)cc2)c2ccccc2)cc1. The predicted molar refractivity (Wildman–Crippen MR) is 98.1 cm³/mol. The molecular formula is C20H19BO4. The van der Waals surface area contributed by atoms with Crippen LogP contribution in [0.5, 0.6) is 17.2 Å². The molecule has 1 unspecified atom stereocenters. The molecule has 4 nitrogen and oxygen atoms in total. The molecule has 3 aromatic carbocycles. The third-order valence-electron chi connectivity index (χ3n) is 3.63. The first-order valence-electron chi connectivity index (χ1n) is 8.03. The van der Waals surface area contributed by atoms with Gasteiger partial charge >= 0.3 is 7.69 Å². The molecule has 3 rings (SSSR count). The summed E-state index contributed by atoms with van der Waals surface area (Å²) >= 11 is 0. The molecule has 0 saturated heterocycles. The average Bonchev–Trinajstić information content (AvgIpc) is 2.65. The van der Waals surface area contributed by atoms with Crippen LogP contribution < -0.4 is 14.1 Å². The first kappa shape index (κ1) is 16.9. The molecule has 0 radical (unpaired) electrons. The Kier molecular flexibility index (Phi) is 5.59. The van der Waals surface area contributed by atoms with E-state index in [4.69, 9.17) is 19.2 Å². The standard InChI is InChI=1S/C20H19BO4/c1-15-7-9-17(10-8-15)23-20(16-5-3-2-4-6-16)24-18-11-13-19(14-12-18)25-21-22/h2-14,20-22H,1H3. The van der Waals surface area contributed by atoms with Crippen LogP contribution in [-0.4, -0.2) is 12.7 Å². The van der Waals surface area contributed by atoms with E-state index in [1.165, 1.54) is 5.56 Å². The van der Waals surface area contributed by atoms with Gasteiger partial charge in [-0.3, -0.25) is 0 Å². The Bertz CT molecular complexity index is 773. The van der Waals surface area contributed by atoms with E-state index in [9.17, 15) is 0 Å². The highest BCUT2D eigenvalue weighted by Crippen LogP contribution is 2.27. The van der Waals surface area contributed by atoms with E-state index in [1.807, 2.05) is 61.5 Å². The molecular weight excluding hydrogens is 315 g/mol. The Morgan fingerprint density at radius 3 is 1.80 bits per heavy atom. The van der Waals surface area contributed by atoms with E-state index in [1.54, 1.807) is 24.3 Å². The number of hydrogen-bond donors (Lipinski definition) is 1. The van der Waals surface area contributed by atoms with E-state index in [2.05, 4.69) is 0 Å². The zero-order valence-corrected chi connectivity index (χ0v) is 14.0. The lowest BCUT2D eigenvalue weighted by Gasteiger charge is -2.21. The Balaban J connectivity index is 1.79. The van der Waals surface area contributed by atoms with Gasteiger partial charge in [0.1, 0.15) is 17.2 Å². The minimum Gasteiger partial charge on any atom is -0.539 e. The summed E-state index contributed by atoms with van der Waals surface area (Å²) in [4.78, 5) is 0. The Labute approximate surface area is 147 Å². The van der Waals surface area contributed by atoms with Crippen molar-refractivity contribution in [1.29, 1.82) is 0 Å². The summed E-state index contributed by atoms with van der Waals surface area (Å²) in [5, 5.41) is 8.79. The second-order valence-corrected chi connectivity index (χ2v) is 5.54. The molecule has 3 aromatic rings. The van der Waals surface area contributed by atoms with Gasteiger partial charge in [0.05, 0.1) is 0 Å². The summed E-state index contributed by atoms with van der Waals surface area (Å²) in [6, 6.07) is 24.6. The third-order valence-corrected chi connectivity index (χ3v) is 3.63. The lowest BCUT2D eigenvalue weighted by Crippen LogP contribution is -2.15. The van der Waals surface area contributed by atoms with Crippen LogP contribution in [0.4, 0.5) is 0 Å². The zero-order valence-electron chi connectivity index (χ0n) is 14.0. The van der Waals surface area contributed by atoms with Gasteiger partial charge in [-0.1, -0.05) is 48.0 Å². The maximum absolute atomic E-state index is 8.79. The largest absolute Gasteiger partial charge is 0.539 e. The Morgan fingerprint density at radius 2 is 1.24 bits per heavy atom. The van der Waals surface area contributed by atoms with E-state index in [-0.39, 0.29) is 7.69 Å². The summed E-state index contributed by atoms with van der Waals surface area (Å²) in [7, 11) is -0.358. The van der Waals surface area contributed by atoms with Crippen LogP contribution in [0.1, 0.15) is 17.4 Å². The van der Waals surface area contributed by atoms with Crippen molar-refractivity contribution in [1.82, 2.24) is 0 Å². The van der Waals surface area contributed by atoms with Gasteiger partial charge in [0.2, 0.25) is 0 Å². The molecule has 0 aliphatic carbocycles. The minimum absolute atomic E-state index is 0.358. The average molecular weight is 334 g/mol. The van der Waals surface area contributed by atoms with Gasteiger partial charge in [-0.25, -0.2) is 0 Å². The fourth-order valence-corrected chi connectivity index (χ4v) is 2.32. The summed E-state index contributed by atoms with van der Waals surface area (Å²) in [5.74, 6) is 1.96. The molecule has 0 bridgehead atoms. The molecule has 126 valence electrons. The molecule has 25 heavy (non-hydrogen) atoms. The molecule has 0 saturated carbocycles. The quantitative estimate of drug-likeness (QED) is 0.528. The zero-order chi connectivity index (χ0) is 17.5. The summed E-state index contributed by atoms with van der Waals surface area (Å²) in [6.07, 6.45) is -0.575. The van der Waals surface area contributed by atoms with Crippen LogP contribution in [0.15, 0.2) is 78.9 Å². The first-order chi connectivity index (χ1) is 12.2. The number of benzene rings is 3. The summed E-state index contributed by atoms with van der Waals surface area (Å²) < 4.78 is 17.1. The van der Waals surface area contributed by atoms with Crippen LogP contribution in [0.3, 0.4) is 0 Å². The molecule has 0 amide bonds. The molecule has 5 heteroatoms. The Morgan fingerprint density at radius 1 is 0.720 bits per heavy atom. The van der Waals surface area contributed by atoms with Crippen molar-refractivity contribution in [2.45, 2.75) is 13.2 Å². The number of rotatable bonds is 7. The van der Waals surface area contributed by atoms with Gasteiger partial charge in [0, 0.05) is 5.56 Å². The van der Waals surface area contributed by atoms with Gasteiger partial charge in [0.15, 0.2) is 0 Å². The molecule has 0 aromatic heterocycles. The normalized spacial score (nSPS) is 11.4. The van der Waals surface area contributed by atoms with Gasteiger partial charge in [-0.05, 0) is 43.3 Å². The molecule has 1 N–H and O–H groups in total. The molecule has 0 heterocycles. The van der Waals surface area contributed by atoms with Crippen molar-refractivity contribution in [2.75, 3.05) is 0 Å². The molecule has 1 atom stereocenters. The molecule has 0 fully saturated rings.